The number of thioether (sulfide) groups is 1. The number of carbonyl (C=O) groups is 2. The lowest BCUT2D eigenvalue weighted by molar-refractivity contribution is -0.139. The van der Waals surface area contributed by atoms with Gasteiger partial charge in [0.2, 0.25) is 11.8 Å². The number of hydrogen-bond donors (Lipinski definition) is 1. The largest absolute Gasteiger partial charge is 0.354 e. The molecule has 0 heterocycles. The van der Waals surface area contributed by atoms with Gasteiger partial charge in [-0.25, -0.2) is 0 Å². The van der Waals surface area contributed by atoms with Crippen LogP contribution < -0.4 is 5.32 Å². The van der Waals surface area contributed by atoms with Crippen LogP contribution in [0.15, 0.2) is 54.6 Å². The fraction of sp³-hybridized carbons (Fsp3) is 0.417. The van der Waals surface area contributed by atoms with Gasteiger partial charge in [0.25, 0.3) is 0 Å². The zero-order valence-electron chi connectivity index (χ0n) is 17.9. The molecule has 0 aliphatic heterocycles. The number of amides is 2. The van der Waals surface area contributed by atoms with Crippen molar-refractivity contribution in [3.05, 3.63) is 70.7 Å². The minimum Gasteiger partial charge on any atom is -0.354 e. The van der Waals surface area contributed by atoms with E-state index in [0.717, 1.165) is 11.3 Å². The van der Waals surface area contributed by atoms with Gasteiger partial charge in [0.05, 0.1) is 5.75 Å². The van der Waals surface area contributed by atoms with Crippen molar-refractivity contribution in [3.8, 4) is 0 Å². The van der Waals surface area contributed by atoms with E-state index in [1.54, 1.807) is 16.7 Å². The summed E-state index contributed by atoms with van der Waals surface area (Å²) < 4.78 is 0. The highest BCUT2D eigenvalue weighted by atomic mass is 35.5. The Labute approximate surface area is 189 Å². The number of rotatable bonds is 11. The van der Waals surface area contributed by atoms with Gasteiger partial charge in [0, 0.05) is 23.9 Å². The molecule has 0 spiro atoms. The quantitative estimate of drug-likeness (QED) is 0.519. The normalized spacial score (nSPS) is 11.9. The highest BCUT2D eigenvalue weighted by molar-refractivity contribution is 7.99. The van der Waals surface area contributed by atoms with E-state index in [1.807, 2.05) is 75.4 Å². The lowest BCUT2D eigenvalue weighted by atomic mass is 10.1. The van der Waals surface area contributed by atoms with Gasteiger partial charge in [-0.2, -0.15) is 0 Å². The van der Waals surface area contributed by atoms with Crippen molar-refractivity contribution in [2.24, 2.45) is 5.92 Å². The van der Waals surface area contributed by atoms with Crippen molar-refractivity contribution in [1.82, 2.24) is 10.2 Å². The number of nitrogens with zero attached hydrogens (tertiary/aromatic N) is 1. The molecule has 1 atom stereocenters. The molecule has 162 valence electrons. The van der Waals surface area contributed by atoms with Crippen LogP contribution in [0.25, 0.3) is 0 Å². The standard InChI is InChI=1S/C24H31ClN2O2S/c1-4-22(24(29)26-14-18(2)3)27(15-20-12-8-9-13-21(20)25)23(28)17-30-16-19-10-6-5-7-11-19/h5-13,18,22H,4,14-17H2,1-3H3,(H,26,29). The average Bonchev–Trinajstić information content (AvgIpc) is 2.74. The molecule has 2 aromatic carbocycles. The number of nitrogens with one attached hydrogen (secondary N) is 1. The minimum atomic E-state index is -0.523. The van der Waals surface area contributed by atoms with Crippen LogP contribution in [0.2, 0.25) is 5.02 Å². The van der Waals surface area contributed by atoms with Gasteiger partial charge in [-0.05, 0) is 29.5 Å². The maximum Gasteiger partial charge on any atom is 0.242 e. The van der Waals surface area contributed by atoms with Crippen molar-refractivity contribution in [3.63, 3.8) is 0 Å². The Morgan fingerprint density at radius 2 is 1.73 bits per heavy atom. The van der Waals surface area contributed by atoms with E-state index in [2.05, 4.69) is 5.32 Å². The molecule has 30 heavy (non-hydrogen) atoms. The van der Waals surface area contributed by atoms with Crippen LogP contribution in [0, 0.1) is 5.92 Å². The molecule has 0 aromatic heterocycles. The average molecular weight is 447 g/mol. The molecule has 0 aliphatic rings. The molecule has 0 aliphatic carbocycles. The van der Waals surface area contributed by atoms with E-state index in [0.29, 0.717) is 36.2 Å². The van der Waals surface area contributed by atoms with Crippen LogP contribution in [-0.4, -0.2) is 35.1 Å². The van der Waals surface area contributed by atoms with E-state index in [1.165, 1.54) is 5.56 Å². The molecule has 0 fully saturated rings. The van der Waals surface area contributed by atoms with Gasteiger partial charge in [-0.3, -0.25) is 9.59 Å². The first-order valence-corrected chi connectivity index (χ1v) is 11.9. The van der Waals surface area contributed by atoms with E-state index in [9.17, 15) is 9.59 Å². The summed E-state index contributed by atoms with van der Waals surface area (Å²) in [5, 5.41) is 3.58. The highest BCUT2D eigenvalue weighted by Crippen LogP contribution is 2.21. The lowest BCUT2D eigenvalue weighted by Gasteiger charge is -2.31. The van der Waals surface area contributed by atoms with E-state index in [-0.39, 0.29) is 11.8 Å². The second-order valence-electron chi connectivity index (χ2n) is 7.65. The van der Waals surface area contributed by atoms with Gasteiger partial charge >= 0.3 is 0 Å². The van der Waals surface area contributed by atoms with Crippen LogP contribution in [0.5, 0.6) is 0 Å². The number of carbonyl (C=O) groups excluding carboxylic acids is 2. The van der Waals surface area contributed by atoms with E-state index in [4.69, 9.17) is 11.6 Å². The van der Waals surface area contributed by atoms with E-state index >= 15 is 0 Å². The Bertz CT molecular complexity index is 814. The smallest absolute Gasteiger partial charge is 0.242 e. The number of hydrogen-bond acceptors (Lipinski definition) is 3. The third kappa shape index (κ3) is 7.69. The predicted molar refractivity (Wildman–Crippen MR) is 127 cm³/mol. The Kier molecular flexibility index (Phi) is 10.2. The molecule has 0 radical (unpaired) electrons. The maximum absolute atomic E-state index is 13.2. The second-order valence-corrected chi connectivity index (χ2v) is 9.05. The molecule has 0 saturated heterocycles. The Morgan fingerprint density at radius 3 is 2.37 bits per heavy atom. The third-order valence-corrected chi connectivity index (χ3v) is 6.06. The molecule has 4 nitrogen and oxygen atoms in total. The monoisotopic (exact) mass is 446 g/mol. The topological polar surface area (TPSA) is 49.4 Å². The molecule has 2 rings (SSSR count). The van der Waals surface area contributed by atoms with Crippen LogP contribution in [0.4, 0.5) is 0 Å². The van der Waals surface area contributed by atoms with Crippen LogP contribution >= 0.6 is 23.4 Å². The summed E-state index contributed by atoms with van der Waals surface area (Å²) in [6, 6.07) is 17.0. The summed E-state index contributed by atoms with van der Waals surface area (Å²) in [5.74, 6) is 1.25. The number of benzene rings is 2. The first-order chi connectivity index (χ1) is 14.4. The summed E-state index contributed by atoms with van der Waals surface area (Å²) in [6.07, 6.45) is 0.545. The van der Waals surface area contributed by atoms with Gasteiger partial charge in [0.1, 0.15) is 6.04 Å². The first kappa shape index (κ1) is 24.3. The maximum atomic E-state index is 13.2. The summed E-state index contributed by atoms with van der Waals surface area (Å²) in [6.45, 7) is 6.94. The molecule has 6 heteroatoms. The lowest BCUT2D eigenvalue weighted by Crippen LogP contribution is -2.50. The molecule has 2 aromatic rings. The SMILES string of the molecule is CCC(C(=O)NCC(C)C)N(Cc1ccccc1Cl)C(=O)CSCc1ccccc1. The number of halogens is 1. The van der Waals surface area contributed by atoms with Crippen molar-refractivity contribution in [2.45, 2.75) is 45.5 Å². The molecular formula is C24H31ClN2O2S. The summed E-state index contributed by atoms with van der Waals surface area (Å²) >= 11 is 7.90. The van der Waals surface area contributed by atoms with Crippen molar-refractivity contribution in [1.29, 1.82) is 0 Å². The fourth-order valence-corrected chi connectivity index (χ4v) is 4.13. The Morgan fingerprint density at radius 1 is 1.07 bits per heavy atom. The summed E-state index contributed by atoms with van der Waals surface area (Å²) in [4.78, 5) is 27.7. The molecule has 2 amide bonds. The van der Waals surface area contributed by atoms with Gasteiger partial charge in [-0.1, -0.05) is 80.9 Å². The Balaban J connectivity index is 2.13. The first-order valence-electron chi connectivity index (χ1n) is 10.3. The Hall–Kier alpha value is -1.98. The minimum absolute atomic E-state index is 0.0533. The molecular weight excluding hydrogens is 416 g/mol. The molecule has 1 N–H and O–H groups in total. The van der Waals surface area contributed by atoms with Gasteiger partial charge in [0.15, 0.2) is 0 Å². The predicted octanol–water partition coefficient (Wildman–Crippen LogP) is 5.15. The zero-order chi connectivity index (χ0) is 21.9. The van der Waals surface area contributed by atoms with Crippen LogP contribution in [0.1, 0.15) is 38.3 Å². The van der Waals surface area contributed by atoms with E-state index < -0.39 is 6.04 Å². The van der Waals surface area contributed by atoms with Crippen molar-refractivity contribution >= 4 is 35.2 Å². The van der Waals surface area contributed by atoms with Gasteiger partial charge < -0.3 is 10.2 Å². The van der Waals surface area contributed by atoms with Crippen LogP contribution in [-0.2, 0) is 21.9 Å². The zero-order valence-corrected chi connectivity index (χ0v) is 19.5. The third-order valence-electron chi connectivity index (χ3n) is 4.71. The second kappa shape index (κ2) is 12.7. The molecule has 1 unspecified atom stereocenters. The van der Waals surface area contributed by atoms with Crippen molar-refractivity contribution < 1.29 is 9.59 Å². The van der Waals surface area contributed by atoms with Crippen LogP contribution in [0.3, 0.4) is 0 Å². The molecule has 0 bridgehead atoms. The summed E-state index contributed by atoms with van der Waals surface area (Å²) in [5.41, 5.74) is 2.02. The van der Waals surface area contributed by atoms with Gasteiger partial charge in [-0.15, -0.1) is 11.8 Å². The summed E-state index contributed by atoms with van der Waals surface area (Å²) in [7, 11) is 0. The fourth-order valence-electron chi connectivity index (χ4n) is 3.07. The molecule has 0 saturated carbocycles. The van der Waals surface area contributed by atoms with Crippen molar-refractivity contribution in [2.75, 3.05) is 12.3 Å². The highest BCUT2D eigenvalue weighted by Gasteiger charge is 2.28.